The lowest BCUT2D eigenvalue weighted by Gasteiger charge is -2.18. The van der Waals surface area contributed by atoms with Crippen molar-refractivity contribution >= 4 is 17.4 Å². The molecule has 1 aliphatic rings. The van der Waals surface area contributed by atoms with Crippen LogP contribution in [0.1, 0.15) is 48.9 Å². The van der Waals surface area contributed by atoms with E-state index < -0.39 is 0 Å². The van der Waals surface area contributed by atoms with E-state index in [-0.39, 0.29) is 12.1 Å². The van der Waals surface area contributed by atoms with Crippen LogP contribution in [0.15, 0.2) is 23.7 Å². The fraction of sp³-hybridized carbons (Fsp3) is 0.526. The number of aryl methyl sites for hydroxylation is 1. The smallest absolute Gasteiger partial charge is 0.317 e. The summed E-state index contributed by atoms with van der Waals surface area (Å²) in [5, 5.41) is 6.05. The molecule has 2 amide bonds. The number of carbonyl (C=O) groups excluding carboxylic acids is 1. The van der Waals surface area contributed by atoms with Crippen molar-refractivity contribution in [3.05, 3.63) is 40.0 Å². The molecule has 1 N–H and O–H groups in total. The molecule has 3 rings (SSSR count). The number of amides is 2. The summed E-state index contributed by atoms with van der Waals surface area (Å²) in [6, 6.07) is 3.69. The van der Waals surface area contributed by atoms with Gasteiger partial charge in [-0.3, -0.25) is 0 Å². The molecule has 140 valence electrons. The van der Waals surface area contributed by atoms with Crippen LogP contribution >= 0.6 is 11.3 Å². The number of nitrogens with one attached hydrogen (secondary N) is 1. The summed E-state index contributed by atoms with van der Waals surface area (Å²) in [5.74, 6) is 0.634. The zero-order valence-corrected chi connectivity index (χ0v) is 16.2. The molecule has 2 aromatic rings. The van der Waals surface area contributed by atoms with Gasteiger partial charge in [0.2, 0.25) is 5.88 Å². The van der Waals surface area contributed by atoms with Crippen molar-refractivity contribution in [2.24, 2.45) is 0 Å². The van der Waals surface area contributed by atoms with E-state index in [4.69, 9.17) is 4.74 Å². The summed E-state index contributed by atoms with van der Waals surface area (Å²) in [4.78, 5) is 22.9. The number of aromatic nitrogens is 2. The van der Waals surface area contributed by atoms with Crippen molar-refractivity contribution in [1.82, 2.24) is 20.2 Å². The third kappa shape index (κ3) is 4.94. The van der Waals surface area contributed by atoms with Crippen molar-refractivity contribution in [3.63, 3.8) is 0 Å². The average Bonchev–Trinajstić information content (AvgIpc) is 3.32. The Labute approximate surface area is 158 Å². The summed E-state index contributed by atoms with van der Waals surface area (Å²) >= 11 is 1.64. The van der Waals surface area contributed by atoms with Crippen LogP contribution in [0.4, 0.5) is 4.79 Å². The lowest BCUT2D eigenvalue weighted by Crippen LogP contribution is -2.36. The van der Waals surface area contributed by atoms with Gasteiger partial charge in [0.15, 0.2) is 0 Å². The molecular weight excluding hydrogens is 348 g/mol. The van der Waals surface area contributed by atoms with Gasteiger partial charge in [-0.05, 0) is 38.2 Å². The summed E-state index contributed by atoms with van der Waals surface area (Å²) in [6.45, 7) is 2.98. The molecule has 1 fully saturated rings. The first kappa shape index (κ1) is 18.6. The van der Waals surface area contributed by atoms with Gasteiger partial charge in [-0.25, -0.2) is 14.8 Å². The lowest BCUT2D eigenvalue weighted by molar-refractivity contribution is 0.196. The summed E-state index contributed by atoms with van der Waals surface area (Å²) in [5.41, 5.74) is 1.83. The molecule has 2 heterocycles. The molecule has 0 aromatic carbocycles. The lowest BCUT2D eigenvalue weighted by atomic mass is 10.2. The molecule has 1 saturated carbocycles. The Morgan fingerprint density at radius 3 is 2.96 bits per heavy atom. The molecule has 7 heteroatoms. The molecule has 6 nitrogen and oxygen atoms in total. The van der Waals surface area contributed by atoms with E-state index >= 15 is 0 Å². The second-order valence-electron chi connectivity index (χ2n) is 6.59. The van der Waals surface area contributed by atoms with Crippen LogP contribution in [0.5, 0.6) is 5.88 Å². The van der Waals surface area contributed by atoms with E-state index in [1.54, 1.807) is 29.5 Å². The number of ether oxygens (including phenoxy) is 1. The highest BCUT2D eigenvalue weighted by Crippen LogP contribution is 2.25. The molecule has 0 bridgehead atoms. The maximum atomic E-state index is 12.4. The number of hydrogen-bond donors (Lipinski definition) is 1. The van der Waals surface area contributed by atoms with Gasteiger partial charge < -0.3 is 15.0 Å². The van der Waals surface area contributed by atoms with E-state index in [0.717, 1.165) is 35.5 Å². The molecule has 0 radical (unpaired) electrons. The highest BCUT2D eigenvalue weighted by Gasteiger charge is 2.19. The molecule has 0 spiro atoms. The van der Waals surface area contributed by atoms with Gasteiger partial charge in [-0.15, -0.1) is 11.3 Å². The number of thiazole rings is 1. The Kier molecular flexibility index (Phi) is 6.44. The number of rotatable bonds is 7. The maximum absolute atomic E-state index is 12.4. The number of carbonyl (C=O) groups is 1. The van der Waals surface area contributed by atoms with E-state index in [9.17, 15) is 4.79 Å². The SMILES string of the molecule is CCc1nc(CN(C)C(=O)NCc2cccnc2OC2CCCC2)cs1. The van der Waals surface area contributed by atoms with Gasteiger partial charge in [0.05, 0.1) is 17.2 Å². The highest BCUT2D eigenvalue weighted by molar-refractivity contribution is 7.09. The number of urea groups is 1. The van der Waals surface area contributed by atoms with Gasteiger partial charge in [0, 0.05) is 30.7 Å². The Morgan fingerprint density at radius 1 is 1.42 bits per heavy atom. The van der Waals surface area contributed by atoms with Gasteiger partial charge in [-0.1, -0.05) is 13.0 Å². The van der Waals surface area contributed by atoms with Gasteiger partial charge >= 0.3 is 6.03 Å². The Bertz CT molecular complexity index is 728. The predicted octanol–water partition coefficient (Wildman–Crippen LogP) is 3.76. The van der Waals surface area contributed by atoms with Crippen LogP contribution in [0.25, 0.3) is 0 Å². The van der Waals surface area contributed by atoms with Crippen molar-refractivity contribution in [2.45, 2.75) is 58.2 Å². The van der Waals surface area contributed by atoms with E-state index in [1.807, 2.05) is 17.5 Å². The molecule has 0 atom stereocenters. The van der Waals surface area contributed by atoms with E-state index in [1.165, 1.54) is 12.8 Å². The fourth-order valence-electron chi connectivity index (χ4n) is 3.03. The van der Waals surface area contributed by atoms with Crippen molar-refractivity contribution in [1.29, 1.82) is 0 Å². The molecule has 0 aliphatic heterocycles. The van der Waals surface area contributed by atoms with Crippen LogP contribution in [0, 0.1) is 0 Å². The minimum atomic E-state index is -0.133. The zero-order chi connectivity index (χ0) is 18.4. The predicted molar refractivity (Wildman–Crippen MR) is 102 cm³/mol. The Morgan fingerprint density at radius 2 is 2.23 bits per heavy atom. The first-order chi connectivity index (χ1) is 12.7. The zero-order valence-electron chi connectivity index (χ0n) is 15.4. The molecule has 0 saturated heterocycles. The van der Waals surface area contributed by atoms with Crippen LogP contribution in [0.3, 0.4) is 0 Å². The van der Waals surface area contributed by atoms with Crippen molar-refractivity contribution in [2.75, 3.05) is 7.05 Å². The fourth-order valence-corrected chi connectivity index (χ4v) is 3.77. The number of pyridine rings is 1. The molecule has 2 aromatic heterocycles. The normalized spacial score (nSPS) is 14.4. The first-order valence-electron chi connectivity index (χ1n) is 9.18. The second kappa shape index (κ2) is 8.98. The topological polar surface area (TPSA) is 67.4 Å². The Balaban J connectivity index is 1.53. The van der Waals surface area contributed by atoms with Crippen LogP contribution in [-0.4, -0.2) is 34.1 Å². The number of hydrogen-bond acceptors (Lipinski definition) is 5. The third-order valence-electron chi connectivity index (χ3n) is 4.51. The molecule has 1 aliphatic carbocycles. The minimum absolute atomic E-state index is 0.133. The quantitative estimate of drug-likeness (QED) is 0.801. The number of nitrogens with zero attached hydrogens (tertiary/aromatic N) is 3. The average molecular weight is 375 g/mol. The van der Waals surface area contributed by atoms with Gasteiger partial charge in [0.1, 0.15) is 6.10 Å². The second-order valence-corrected chi connectivity index (χ2v) is 7.54. The van der Waals surface area contributed by atoms with Crippen molar-refractivity contribution in [3.8, 4) is 5.88 Å². The highest BCUT2D eigenvalue weighted by atomic mass is 32.1. The van der Waals surface area contributed by atoms with E-state index in [2.05, 4.69) is 22.2 Å². The molecule has 0 unspecified atom stereocenters. The summed E-state index contributed by atoms with van der Waals surface area (Å²) < 4.78 is 6.03. The first-order valence-corrected chi connectivity index (χ1v) is 10.1. The van der Waals surface area contributed by atoms with Gasteiger partial charge in [-0.2, -0.15) is 0 Å². The van der Waals surface area contributed by atoms with Gasteiger partial charge in [0.25, 0.3) is 0 Å². The Hall–Kier alpha value is -2.15. The largest absolute Gasteiger partial charge is 0.474 e. The minimum Gasteiger partial charge on any atom is -0.474 e. The summed E-state index contributed by atoms with van der Waals surface area (Å²) in [6.07, 6.45) is 7.49. The monoisotopic (exact) mass is 374 g/mol. The third-order valence-corrected chi connectivity index (χ3v) is 5.55. The van der Waals surface area contributed by atoms with Crippen LogP contribution < -0.4 is 10.1 Å². The van der Waals surface area contributed by atoms with E-state index in [0.29, 0.717) is 19.0 Å². The van der Waals surface area contributed by atoms with Crippen LogP contribution in [-0.2, 0) is 19.5 Å². The summed E-state index contributed by atoms with van der Waals surface area (Å²) in [7, 11) is 1.78. The molecule has 26 heavy (non-hydrogen) atoms. The maximum Gasteiger partial charge on any atom is 0.317 e. The van der Waals surface area contributed by atoms with Crippen LogP contribution in [0.2, 0.25) is 0 Å². The molecular formula is C19H26N4O2S. The standard InChI is InChI=1S/C19H26N4O2S/c1-3-17-22-15(13-26-17)12-23(2)19(24)21-11-14-7-6-10-20-18(14)25-16-8-4-5-9-16/h6-7,10,13,16H,3-5,8-9,11-12H2,1-2H3,(H,21,24). The van der Waals surface area contributed by atoms with Crippen molar-refractivity contribution < 1.29 is 9.53 Å².